The predicted molar refractivity (Wildman–Crippen MR) is 56.0 cm³/mol. The Kier molecular flexibility index (Phi) is 9.77. The number of benzene rings is 1. The third kappa shape index (κ3) is 7.15. The molecule has 1 aromatic rings. The van der Waals surface area contributed by atoms with E-state index in [1.54, 1.807) is 19.1 Å². The van der Waals surface area contributed by atoms with Crippen LogP contribution in [0.2, 0.25) is 0 Å². The Bertz CT molecular complexity index is 174. The van der Waals surface area contributed by atoms with E-state index in [1.165, 1.54) is 13.1 Å². The van der Waals surface area contributed by atoms with Gasteiger partial charge >= 0.3 is 0 Å². The molecule has 0 aliphatic rings. The Balaban J connectivity index is 0. The van der Waals surface area contributed by atoms with Crippen LogP contribution in [0, 0.1) is 6.92 Å². The highest BCUT2D eigenvalue weighted by Crippen LogP contribution is 2.18. The number of hydrogen-bond donors (Lipinski definition) is 3. The minimum atomic E-state index is 0.104. The summed E-state index contributed by atoms with van der Waals surface area (Å²) in [6.45, 7) is 5.80. The Morgan fingerprint density at radius 1 is 0.923 bits per heavy atom. The molecular formula is C10H19NO2. The first-order valence-corrected chi connectivity index (χ1v) is 4.26. The molecule has 0 heterocycles. The van der Waals surface area contributed by atoms with E-state index in [2.05, 4.69) is 5.73 Å². The third-order valence-electron chi connectivity index (χ3n) is 1.05. The van der Waals surface area contributed by atoms with Crippen LogP contribution in [-0.4, -0.2) is 17.3 Å². The van der Waals surface area contributed by atoms with E-state index in [-0.39, 0.29) is 11.5 Å². The fraction of sp³-hybridized carbons (Fsp3) is 0.400. The summed E-state index contributed by atoms with van der Waals surface area (Å²) in [4.78, 5) is 0. The van der Waals surface area contributed by atoms with Crippen LogP contribution in [0.25, 0.3) is 0 Å². The Morgan fingerprint density at radius 3 is 1.46 bits per heavy atom. The number of hydrogen-bond acceptors (Lipinski definition) is 3. The largest absolute Gasteiger partial charge is 0.508 e. The molecule has 0 aliphatic carbocycles. The first-order chi connectivity index (χ1) is 6.18. The minimum absolute atomic E-state index is 0.104. The summed E-state index contributed by atoms with van der Waals surface area (Å²) in [6, 6.07) is 4.46. The van der Waals surface area contributed by atoms with Crippen molar-refractivity contribution in [2.75, 3.05) is 7.05 Å². The molecule has 3 heteroatoms. The zero-order chi connectivity index (χ0) is 10.9. The highest BCUT2D eigenvalue weighted by atomic mass is 16.3. The van der Waals surface area contributed by atoms with Crippen LogP contribution in [0.15, 0.2) is 18.2 Å². The van der Waals surface area contributed by atoms with Crippen molar-refractivity contribution in [2.45, 2.75) is 20.8 Å². The van der Waals surface area contributed by atoms with Crippen molar-refractivity contribution in [1.29, 1.82) is 0 Å². The quantitative estimate of drug-likeness (QED) is 0.579. The van der Waals surface area contributed by atoms with Gasteiger partial charge in [-0.25, -0.2) is 0 Å². The number of phenolic OH excluding ortho intramolecular Hbond substituents is 2. The summed E-state index contributed by atoms with van der Waals surface area (Å²) in [7, 11) is 1.50. The van der Waals surface area contributed by atoms with Crippen molar-refractivity contribution in [1.82, 2.24) is 0 Å². The molecule has 4 N–H and O–H groups in total. The molecule has 0 spiro atoms. The smallest absolute Gasteiger partial charge is 0.119 e. The number of aromatic hydroxyl groups is 2. The van der Waals surface area contributed by atoms with Crippen molar-refractivity contribution in [2.24, 2.45) is 5.73 Å². The lowest BCUT2D eigenvalue weighted by molar-refractivity contribution is 0.450. The molecule has 76 valence electrons. The van der Waals surface area contributed by atoms with Gasteiger partial charge in [0.2, 0.25) is 0 Å². The van der Waals surface area contributed by atoms with Crippen molar-refractivity contribution in [3.8, 4) is 11.5 Å². The summed E-state index contributed by atoms with van der Waals surface area (Å²) < 4.78 is 0. The first-order valence-electron chi connectivity index (χ1n) is 4.26. The van der Waals surface area contributed by atoms with E-state index < -0.39 is 0 Å². The van der Waals surface area contributed by atoms with E-state index in [0.29, 0.717) is 0 Å². The van der Waals surface area contributed by atoms with Gasteiger partial charge in [-0.2, -0.15) is 0 Å². The van der Waals surface area contributed by atoms with E-state index in [4.69, 9.17) is 10.2 Å². The van der Waals surface area contributed by atoms with Gasteiger partial charge in [-0.15, -0.1) is 0 Å². The van der Waals surface area contributed by atoms with E-state index >= 15 is 0 Å². The molecule has 0 amide bonds. The van der Waals surface area contributed by atoms with Gasteiger partial charge in [-0.3, -0.25) is 0 Å². The van der Waals surface area contributed by atoms with Gasteiger partial charge < -0.3 is 15.9 Å². The van der Waals surface area contributed by atoms with Crippen molar-refractivity contribution >= 4 is 0 Å². The van der Waals surface area contributed by atoms with Crippen LogP contribution in [0.5, 0.6) is 11.5 Å². The zero-order valence-corrected chi connectivity index (χ0v) is 8.70. The van der Waals surface area contributed by atoms with Gasteiger partial charge in [0, 0.05) is 6.07 Å². The fourth-order valence-corrected chi connectivity index (χ4v) is 0.743. The van der Waals surface area contributed by atoms with Gasteiger partial charge in [0.15, 0.2) is 0 Å². The number of nitrogens with two attached hydrogens (primary N) is 1. The number of rotatable bonds is 0. The summed E-state index contributed by atoms with van der Waals surface area (Å²) in [5.41, 5.74) is 5.35. The average Bonchev–Trinajstić information content (AvgIpc) is 2.09. The SMILES string of the molecule is CC.CN.Cc1cc(O)cc(O)c1. The molecule has 0 unspecified atom stereocenters. The first kappa shape index (κ1) is 14.3. The molecule has 3 nitrogen and oxygen atoms in total. The topological polar surface area (TPSA) is 66.5 Å². The molecule has 0 atom stereocenters. The molecule has 0 aliphatic heterocycles. The molecule has 0 fully saturated rings. The molecule has 1 aromatic carbocycles. The van der Waals surface area contributed by atoms with Gasteiger partial charge in [-0.05, 0) is 31.7 Å². The van der Waals surface area contributed by atoms with Crippen LogP contribution < -0.4 is 5.73 Å². The van der Waals surface area contributed by atoms with Gasteiger partial charge in [0.1, 0.15) is 11.5 Å². The number of aryl methyl sites for hydroxylation is 1. The van der Waals surface area contributed by atoms with E-state index in [1.807, 2.05) is 13.8 Å². The monoisotopic (exact) mass is 185 g/mol. The molecule has 0 radical (unpaired) electrons. The predicted octanol–water partition coefficient (Wildman–Crippen LogP) is 2.01. The second-order valence-corrected chi connectivity index (χ2v) is 2.03. The molecule has 0 aromatic heterocycles. The lowest BCUT2D eigenvalue weighted by Gasteiger charge is -1.94. The Hall–Kier alpha value is -1.22. The normalized spacial score (nSPS) is 7.46. The molecule has 0 saturated carbocycles. The maximum Gasteiger partial charge on any atom is 0.119 e. The lowest BCUT2D eigenvalue weighted by Crippen LogP contribution is -1.70. The summed E-state index contributed by atoms with van der Waals surface area (Å²) >= 11 is 0. The highest BCUT2D eigenvalue weighted by molar-refractivity contribution is 5.35. The number of phenols is 2. The molecule has 1 rings (SSSR count). The third-order valence-corrected chi connectivity index (χ3v) is 1.05. The Morgan fingerprint density at radius 2 is 1.23 bits per heavy atom. The van der Waals surface area contributed by atoms with Crippen LogP contribution in [-0.2, 0) is 0 Å². The standard InChI is InChI=1S/C7H8O2.C2H6.CH5N/c1-5-2-6(8)4-7(9)3-5;2*1-2/h2-4,8-9H,1H3;1-2H3;2H2,1H3. The van der Waals surface area contributed by atoms with Crippen LogP contribution >= 0.6 is 0 Å². The van der Waals surface area contributed by atoms with Crippen LogP contribution in [0.1, 0.15) is 19.4 Å². The molecule has 13 heavy (non-hydrogen) atoms. The fourth-order valence-electron chi connectivity index (χ4n) is 0.743. The maximum absolute atomic E-state index is 8.83. The van der Waals surface area contributed by atoms with E-state index in [0.717, 1.165) is 5.56 Å². The Labute approximate surface area is 79.8 Å². The second-order valence-electron chi connectivity index (χ2n) is 2.03. The van der Waals surface area contributed by atoms with Gasteiger partial charge in [-0.1, -0.05) is 13.8 Å². The molecule has 0 saturated heterocycles. The van der Waals surface area contributed by atoms with Crippen LogP contribution in [0.4, 0.5) is 0 Å². The molecular weight excluding hydrogens is 166 g/mol. The summed E-state index contributed by atoms with van der Waals surface area (Å²) in [6.07, 6.45) is 0. The highest BCUT2D eigenvalue weighted by Gasteiger charge is 1.91. The molecule has 0 bridgehead atoms. The summed E-state index contributed by atoms with van der Waals surface area (Å²) in [5, 5.41) is 17.7. The second kappa shape index (κ2) is 8.87. The van der Waals surface area contributed by atoms with Crippen molar-refractivity contribution < 1.29 is 10.2 Å². The van der Waals surface area contributed by atoms with Crippen LogP contribution in [0.3, 0.4) is 0 Å². The maximum atomic E-state index is 8.83. The van der Waals surface area contributed by atoms with E-state index in [9.17, 15) is 0 Å². The van der Waals surface area contributed by atoms with Gasteiger partial charge in [0.05, 0.1) is 0 Å². The van der Waals surface area contributed by atoms with Crippen molar-refractivity contribution in [3.63, 3.8) is 0 Å². The van der Waals surface area contributed by atoms with Crippen molar-refractivity contribution in [3.05, 3.63) is 23.8 Å². The zero-order valence-electron chi connectivity index (χ0n) is 8.70. The summed E-state index contributed by atoms with van der Waals surface area (Å²) in [5.74, 6) is 0.208. The van der Waals surface area contributed by atoms with Gasteiger partial charge in [0.25, 0.3) is 0 Å². The average molecular weight is 185 g/mol. The lowest BCUT2D eigenvalue weighted by atomic mass is 10.2. The minimum Gasteiger partial charge on any atom is -0.508 e.